The molecule has 1 N–H and O–H groups in total. The first-order valence-corrected chi connectivity index (χ1v) is 7.00. The van der Waals surface area contributed by atoms with Crippen molar-refractivity contribution in [2.75, 3.05) is 0 Å². The summed E-state index contributed by atoms with van der Waals surface area (Å²) in [6.07, 6.45) is 5.30. The molecule has 2 rings (SSSR count). The summed E-state index contributed by atoms with van der Waals surface area (Å²) in [5, 5.41) is 0. The molecule has 0 saturated heterocycles. The van der Waals surface area contributed by atoms with Crippen molar-refractivity contribution in [3.63, 3.8) is 0 Å². The Hall–Kier alpha value is -1.44. The summed E-state index contributed by atoms with van der Waals surface area (Å²) in [7, 11) is 2.12. The first-order valence-electron chi connectivity index (χ1n) is 7.00. The van der Waals surface area contributed by atoms with Gasteiger partial charge in [-0.25, -0.2) is 0 Å². The second-order valence-corrected chi connectivity index (χ2v) is 7.23. The zero-order chi connectivity index (χ0) is 14.3. The summed E-state index contributed by atoms with van der Waals surface area (Å²) in [5.41, 5.74) is 4.42. The van der Waals surface area contributed by atoms with E-state index in [9.17, 15) is 0 Å². The number of hydrogen-bond donors (Lipinski definition) is 1. The van der Waals surface area contributed by atoms with Crippen LogP contribution in [0.4, 0.5) is 0 Å². The lowest BCUT2D eigenvalue weighted by atomic mass is 9.83. The van der Waals surface area contributed by atoms with Crippen LogP contribution in [0.3, 0.4) is 0 Å². The molecule has 19 heavy (non-hydrogen) atoms. The molecule has 0 aromatic carbocycles. The summed E-state index contributed by atoms with van der Waals surface area (Å²) < 4.78 is 2.22. The predicted molar refractivity (Wildman–Crippen MR) is 81.6 cm³/mol. The standard InChI is InChI=1S/C17H26N2/c1-16(2,3)13-10-14(18-12-13)11-17(4,5)15-8-7-9-19(15)6/h7-10,12,18H,11H2,1-6H3. The summed E-state index contributed by atoms with van der Waals surface area (Å²) >= 11 is 0. The van der Waals surface area contributed by atoms with Crippen molar-refractivity contribution in [1.29, 1.82) is 0 Å². The molecule has 0 saturated carbocycles. The van der Waals surface area contributed by atoms with Crippen LogP contribution >= 0.6 is 0 Å². The van der Waals surface area contributed by atoms with Gasteiger partial charge in [-0.2, -0.15) is 0 Å². The Labute approximate surface area is 116 Å². The first-order chi connectivity index (χ1) is 8.70. The average molecular weight is 258 g/mol. The number of H-pyrrole nitrogens is 1. The van der Waals surface area contributed by atoms with E-state index >= 15 is 0 Å². The fourth-order valence-electron chi connectivity index (χ4n) is 2.71. The van der Waals surface area contributed by atoms with E-state index in [1.54, 1.807) is 0 Å². The molecule has 2 heterocycles. The highest BCUT2D eigenvalue weighted by atomic mass is 14.9. The van der Waals surface area contributed by atoms with Crippen molar-refractivity contribution in [2.45, 2.75) is 51.9 Å². The minimum absolute atomic E-state index is 0.137. The molecule has 2 nitrogen and oxygen atoms in total. The van der Waals surface area contributed by atoms with E-state index in [1.807, 2.05) is 0 Å². The number of aromatic nitrogens is 2. The van der Waals surface area contributed by atoms with Crippen LogP contribution in [-0.2, 0) is 24.3 Å². The second-order valence-electron chi connectivity index (χ2n) is 7.23. The minimum Gasteiger partial charge on any atom is -0.365 e. The van der Waals surface area contributed by atoms with Crippen molar-refractivity contribution >= 4 is 0 Å². The fourth-order valence-corrected chi connectivity index (χ4v) is 2.71. The Morgan fingerprint density at radius 3 is 2.32 bits per heavy atom. The van der Waals surface area contributed by atoms with Gasteiger partial charge in [0.25, 0.3) is 0 Å². The van der Waals surface area contributed by atoms with Crippen molar-refractivity contribution in [3.05, 3.63) is 47.5 Å². The zero-order valence-corrected chi connectivity index (χ0v) is 13.0. The third-order valence-corrected chi connectivity index (χ3v) is 3.88. The molecular weight excluding hydrogens is 232 g/mol. The van der Waals surface area contributed by atoms with E-state index in [-0.39, 0.29) is 10.8 Å². The number of rotatable bonds is 3. The summed E-state index contributed by atoms with van der Waals surface area (Å²) in [4.78, 5) is 3.44. The Bertz CT molecular complexity index is 550. The van der Waals surface area contributed by atoms with Gasteiger partial charge in [0, 0.05) is 36.2 Å². The van der Waals surface area contributed by atoms with E-state index in [1.165, 1.54) is 17.0 Å². The third kappa shape index (κ3) is 2.94. The maximum Gasteiger partial charge on any atom is 0.0232 e. The number of aromatic amines is 1. The second kappa shape index (κ2) is 4.59. The first kappa shape index (κ1) is 14.0. The Morgan fingerprint density at radius 2 is 1.84 bits per heavy atom. The SMILES string of the molecule is Cn1cccc1C(C)(C)Cc1cc(C(C)(C)C)c[nH]1. The number of nitrogens with zero attached hydrogens (tertiary/aromatic N) is 1. The van der Waals surface area contributed by atoms with E-state index in [0.29, 0.717) is 0 Å². The lowest BCUT2D eigenvalue weighted by Crippen LogP contribution is -2.23. The molecule has 0 amide bonds. The van der Waals surface area contributed by atoms with Crippen LogP contribution in [0.25, 0.3) is 0 Å². The highest BCUT2D eigenvalue weighted by Gasteiger charge is 2.25. The number of aryl methyl sites for hydroxylation is 1. The van der Waals surface area contributed by atoms with Crippen LogP contribution in [0, 0.1) is 0 Å². The Balaban J connectivity index is 2.21. The van der Waals surface area contributed by atoms with Crippen molar-refractivity contribution in [1.82, 2.24) is 9.55 Å². The van der Waals surface area contributed by atoms with E-state index in [0.717, 1.165) is 6.42 Å². The summed E-state index contributed by atoms with van der Waals surface area (Å²) in [6.45, 7) is 11.4. The van der Waals surface area contributed by atoms with Gasteiger partial charge in [0.15, 0.2) is 0 Å². The minimum atomic E-state index is 0.137. The molecule has 0 spiro atoms. The van der Waals surface area contributed by atoms with Crippen LogP contribution in [0.1, 0.15) is 51.6 Å². The highest BCUT2D eigenvalue weighted by molar-refractivity contribution is 5.27. The highest BCUT2D eigenvalue weighted by Crippen LogP contribution is 2.29. The van der Waals surface area contributed by atoms with Gasteiger partial charge >= 0.3 is 0 Å². The zero-order valence-electron chi connectivity index (χ0n) is 13.0. The molecule has 0 unspecified atom stereocenters. The molecule has 0 radical (unpaired) electrons. The third-order valence-electron chi connectivity index (χ3n) is 3.88. The smallest absolute Gasteiger partial charge is 0.0232 e. The predicted octanol–water partition coefficient (Wildman–Crippen LogP) is 4.17. The van der Waals surface area contributed by atoms with Crippen LogP contribution in [0.2, 0.25) is 0 Å². The molecule has 0 aliphatic rings. The van der Waals surface area contributed by atoms with Gasteiger partial charge in [0.1, 0.15) is 0 Å². The van der Waals surface area contributed by atoms with Crippen LogP contribution < -0.4 is 0 Å². The Morgan fingerprint density at radius 1 is 1.16 bits per heavy atom. The van der Waals surface area contributed by atoms with E-state index in [4.69, 9.17) is 0 Å². The largest absolute Gasteiger partial charge is 0.365 e. The van der Waals surface area contributed by atoms with Gasteiger partial charge in [-0.05, 0) is 35.6 Å². The monoisotopic (exact) mass is 258 g/mol. The molecule has 2 aromatic rings. The molecule has 0 fully saturated rings. The van der Waals surface area contributed by atoms with Crippen molar-refractivity contribution < 1.29 is 0 Å². The van der Waals surface area contributed by atoms with E-state index < -0.39 is 0 Å². The molecule has 0 atom stereocenters. The molecule has 0 aliphatic heterocycles. The van der Waals surface area contributed by atoms with Crippen LogP contribution in [0.5, 0.6) is 0 Å². The number of hydrogen-bond acceptors (Lipinski definition) is 0. The van der Waals surface area contributed by atoms with Gasteiger partial charge in [0.2, 0.25) is 0 Å². The van der Waals surface area contributed by atoms with Gasteiger partial charge in [-0.3, -0.25) is 0 Å². The lowest BCUT2D eigenvalue weighted by Gasteiger charge is -2.25. The number of nitrogens with one attached hydrogen (secondary N) is 1. The average Bonchev–Trinajstić information content (AvgIpc) is 2.85. The van der Waals surface area contributed by atoms with Gasteiger partial charge in [-0.15, -0.1) is 0 Å². The van der Waals surface area contributed by atoms with Crippen molar-refractivity contribution in [3.8, 4) is 0 Å². The van der Waals surface area contributed by atoms with E-state index in [2.05, 4.69) is 81.8 Å². The molecule has 0 bridgehead atoms. The van der Waals surface area contributed by atoms with Crippen LogP contribution in [-0.4, -0.2) is 9.55 Å². The van der Waals surface area contributed by atoms with Gasteiger partial charge in [0.05, 0.1) is 0 Å². The molecular formula is C17H26N2. The van der Waals surface area contributed by atoms with Gasteiger partial charge in [-0.1, -0.05) is 34.6 Å². The topological polar surface area (TPSA) is 20.7 Å². The molecule has 2 heteroatoms. The van der Waals surface area contributed by atoms with Crippen LogP contribution in [0.15, 0.2) is 30.6 Å². The van der Waals surface area contributed by atoms with Gasteiger partial charge < -0.3 is 9.55 Å². The Kier molecular flexibility index (Phi) is 3.38. The maximum atomic E-state index is 3.44. The normalized spacial score (nSPS) is 12.9. The summed E-state index contributed by atoms with van der Waals surface area (Å²) in [6, 6.07) is 6.64. The maximum absolute atomic E-state index is 3.44. The lowest BCUT2D eigenvalue weighted by molar-refractivity contribution is 0.482. The summed E-state index contributed by atoms with van der Waals surface area (Å²) in [5.74, 6) is 0. The molecule has 0 aliphatic carbocycles. The molecule has 104 valence electrons. The van der Waals surface area contributed by atoms with Crippen molar-refractivity contribution in [2.24, 2.45) is 7.05 Å². The fraction of sp³-hybridized carbons (Fsp3) is 0.529. The quantitative estimate of drug-likeness (QED) is 0.853. The molecule has 2 aromatic heterocycles.